The molecule has 152 valence electrons. The fourth-order valence-electron chi connectivity index (χ4n) is 2.87. The van der Waals surface area contributed by atoms with E-state index in [1.165, 1.54) is 17.0 Å². The zero-order valence-corrected chi connectivity index (χ0v) is 16.7. The third kappa shape index (κ3) is 5.57. The zero-order valence-electron chi connectivity index (χ0n) is 15.1. The summed E-state index contributed by atoms with van der Waals surface area (Å²) >= 11 is 6.39. The molecule has 29 heavy (non-hydrogen) atoms. The van der Waals surface area contributed by atoms with Crippen molar-refractivity contribution in [1.29, 1.82) is 0 Å². The second kappa shape index (κ2) is 8.96. The summed E-state index contributed by atoms with van der Waals surface area (Å²) in [5, 5.41) is 1.75. The number of thiocarbonyl (C=S) groups is 1. The first kappa shape index (κ1) is 21.3. The largest absolute Gasteiger partial charge is 0.416 e. The minimum atomic E-state index is -4.50. The minimum absolute atomic E-state index is 0.0313. The van der Waals surface area contributed by atoms with Crippen molar-refractivity contribution in [2.75, 3.05) is 11.9 Å². The quantitative estimate of drug-likeness (QED) is 0.675. The number of rotatable bonds is 6. The Labute approximate surface area is 175 Å². The summed E-state index contributed by atoms with van der Waals surface area (Å²) < 4.78 is 38.8. The second-order valence-corrected chi connectivity index (χ2v) is 8.27. The van der Waals surface area contributed by atoms with E-state index in [2.05, 4.69) is 5.32 Å². The lowest BCUT2D eigenvalue weighted by atomic mass is 10.1. The number of hydrogen-bond acceptors (Lipinski definition) is 4. The van der Waals surface area contributed by atoms with Crippen LogP contribution in [0.5, 0.6) is 0 Å². The summed E-state index contributed by atoms with van der Waals surface area (Å²) in [4.78, 5) is 26.3. The van der Waals surface area contributed by atoms with Gasteiger partial charge in [-0.15, -0.1) is 0 Å². The van der Waals surface area contributed by atoms with Gasteiger partial charge in [-0.3, -0.25) is 14.5 Å². The number of nitrogens with one attached hydrogen (secondary N) is 1. The van der Waals surface area contributed by atoms with Crippen LogP contribution in [0.25, 0.3) is 0 Å². The van der Waals surface area contributed by atoms with Crippen LogP contribution in [-0.4, -0.2) is 32.8 Å². The van der Waals surface area contributed by atoms with Gasteiger partial charge in [0.25, 0.3) is 0 Å². The maximum absolute atomic E-state index is 12.8. The number of carbonyl (C=O) groups is 2. The molecule has 2 aromatic carbocycles. The van der Waals surface area contributed by atoms with Crippen LogP contribution in [0.2, 0.25) is 0 Å². The Kier molecular flexibility index (Phi) is 6.59. The average molecular weight is 438 g/mol. The number of amides is 2. The molecule has 1 heterocycles. The molecule has 0 radical (unpaired) electrons. The molecule has 1 aliphatic heterocycles. The van der Waals surface area contributed by atoms with Crippen molar-refractivity contribution in [3.05, 3.63) is 65.7 Å². The van der Waals surface area contributed by atoms with Crippen LogP contribution < -0.4 is 5.32 Å². The number of hydrogen-bond donors (Lipinski definition) is 1. The molecule has 0 aromatic heterocycles. The molecule has 2 amide bonds. The Hall–Kier alpha value is -2.39. The van der Waals surface area contributed by atoms with E-state index < -0.39 is 22.9 Å². The lowest BCUT2D eigenvalue weighted by Crippen LogP contribution is -2.34. The van der Waals surface area contributed by atoms with Gasteiger partial charge in [-0.05, 0) is 30.2 Å². The molecular formula is C20H17F3N2O2S2. The Balaban J connectivity index is 1.57. The first-order chi connectivity index (χ1) is 13.7. The molecule has 1 aliphatic rings. The van der Waals surface area contributed by atoms with E-state index in [4.69, 9.17) is 12.2 Å². The monoisotopic (exact) mass is 438 g/mol. The van der Waals surface area contributed by atoms with Crippen molar-refractivity contribution in [2.45, 2.75) is 24.3 Å². The Morgan fingerprint density at radius 2 is 1.86 bits per heavy atom. The van der Waals surface area contributed by atoms with Crippen LogP contribution in [0.4, 0.5) is 18.9 Å². The maximum atomic E-state index is 12.8. The van der Waals surface area contributed by atoms with Crippen molar-refractivity contribution < 1.29 is 22.8 Å². The van der Waals surface area contributed by atoms with Gasteiger partial charge in [0.2, 0.25) is 11.8 Å². The van der Waals surface area contributed by atoms with Gasteiger partial charge >= 0.3 is 6.18 Å². The molecule has 1 unspecified atom stereocenters. The van der Waals surface area contributed by atoms with Gasteiger partial charge in [-0.25, -0.2) is 0 Å². The molecule has 1 fully saturated rings. The van der Waals surface area contributed by atoms with Crippen LogP contribution >= 0.6 is 24.0 Å². The van der Waals surface area contributed by atoms with E-state index in [-0.39, 0.29) is 18.0 Å². The van der Waals surface area contributed by atoms with E-state index >= 15 is 0 Å². The predicted molar refractivity (Wildman–Crippen MR) is 111 cm³/mol. The number of halogens is 3. The number of carbonyl (C=O) groups excluding carboxylic acids is 2. The van der Waals surface area contributed by atoms with Gasteiger partial charge in [0.05, 0.1) is 10.8 Å². The van der Waals surface area contributed by atoms with Crippen molar-refractivity contribution in [3.8, 4) is 0 Å². The van der Waals surface area contributed by atoms with Gasteiger partial charge in [0.1, 0.15) is 4.32 Å². The lowest BCUT2D eigenvalue weighted by molar-refractivity contribution is -0.137. The smallest absolute Gasteiger partial charge is 0.326 e. The fraction of sp³-hybridized carbons (Fsp3) is 0.250. The highest BCUT2D eigenvalue weighted by Gasteiger charge is 2.38. The van der Waals surface area contributed by atoms with Gasteiger partial charge in [-0.1, -0.05) is 60.4 Å². The molecule has 0 saturated carbocycles. The highest BCUT2D eigenvalue weighted by molar-refractivity contribution is 8.24. The van der Waals surface area contributed by atoms with Gasteiger partial charge in [0, 0.05) is 18.7 Å². The van der Waals surface area contributed by atoms with Crippen molar-refractivity contribution >= 4 is 45.8 Å². The van der Waals surface area contributed by atoms with Crippen LogP contribution in [-0.2, 0) is 22.2 Å². The van der Waals surface area contributed by atoms with E-state index in [9.17, 15) is 22.8 Å². The summed E-state index contributed by atoms with van der Waals surface area (Å²) in [5.74, 6) is -0.794. The highest BCUT2D eigenvalue weighted by Crippen LogP contribution is 2.32. The number of anilines is 1. The molecular weight excluding hydrogens is 421 g/mol. The zero-order chi connectivity index (χ0) is 21.0. The molecule has 4 nitrogen and oxygen atoms in total. The summed E-state index contributed by atoms with van der Waals surface area (Å²) in [6.45, 7) is 0.417. The summed E-state index contributed by atoms with van der Waals surface area (Å²) in [6, 6.07) is 14.0. The number of benzene rings is 2. The van der Waals surface area contributed by atoms with Crippen molar-refractivity contribution in [1.82, 2.24) is 4.90 Å². The molecule has 1 atom stereocenters. The predicted octanol–water partition coefficient (Wildman–Crippen LogP) is 4.51. The molecule has 3 rings (SSSR count). The average Bonchev–Trinajstić information content (AvgIpc) is 2.93. The van der Waals surface area contributed by atoms with Crippen LogP contribution in [0.1, 0.15) is 17.5 Å². The molecule has 1 saturated heterocycles. The maximum Gasteiger partial charge on any atom is 0.416 e. The van der Waals surface area contributed by atoms with Crippen molar-refractivity contribution in [3.63, 3.8) is 0 Å². The van der Waals surface area contributed by atoms with E-state index in [1.54, 1.807) is 0 Å². The Morgan fingerprint density at radius 1 is 1.14 bits per heavy atom. The molecule has 0 bridgehead atoms. The first-order valence-corrected chi connectivity index (χ1v) is 10.1. The number of alkyl halides is 3. The standard InChI is InChI=1S/C20H17F3N2O2S2/c21-20(22,23)14-7-4-8-15(11-14)24-17(26)12-16-18(27)25(19(28)29-16)10-9-13-5-2-1-3-6-13/h1-8,11,16H,9-10,12H2,(H,24,26). The van der Waals surface area contributed by atoms with Crippen LogP contribution in [0.15, 0.2) is 54.6 Å². The Bertz CT molecular complexity index is 919. The third-order valence-electron chi connectivity index (χ3n) is 4.32. The summed E-state index contributed by atoms with van der Waals surface area (Å²) in [5.41, 5.74) is 0.248. The summed E-state index contributed by atoms with van der Waals surface area (Å²) in [7, 11) is 0. The van der Waals surface area contributed by atoms with Crippen LogP contribution in [0.3, 0.4) is 0 Å². The molecule has 1 N–H and O–H groups in total. The molecule has 0 aliphatic carbocycles. The van der Waals surface area contributed by atoms with E-state index in [0.717, 1.165) is 29.5 Å². The molecule has 2 aromatic rings. The SMILES string of the molecule is O=C(CC1SC(=S)N(CCc2ccccc2)C1=O)Nc1cccc(C(F)(F)F)c1. The van der Waals surface area contributed by atoms with E-state index in [0.29, 0.717) is 17.3 Å². The minimum Gasteiger partial charge on any atom is -0.326 e. The first-order valence-electron chi connectivity index (χ1n) is 8.77. The molecule has 9 heteroatoms. The highest BCUT2D eigenvalue weighted by atomic mass is 32.2. The third-order valence-corrected chi connectivity index (χ3v) is 5.90. The fourth-order valence-corrected chi connectivity index (χ4v) is 4.41. The number of nitrogens with zero attached hydrogens (tertiary/aromatic N) is 1. The van der Waals surface area contributed by atoms with Crippen molar-refractivity contribution in [2.24, 2.45) is 0 Å². The topological polar surface area (TPSA) is 49.4 Å². The lowest BCUT2D eigenvalue weighted by Gasteiger charge is -2.15. The van der Waals surface area contributed by atoms with Crippen LogP contribution in [0, 0.1) is 0 Å². The Morgan fingerprint density at radius 3 is 2.55 bits per heavy atom. The van der Waals surface area contributed by atoms with Gasteiger partial charge in [0.15, 0.2) is 0 Å². The van der Waals surface area contributed by atoms with E-state index in [1.807, 2.05) is 30.3 Å². The van der Waals surface area contributed by atoms with Gasteiger partial charge in [-0.2, -0.15) is 13.2 Å². The normalized spacial score (nSPS) is 16.9. The second-order valence-electron chi connectivity index (χ2n) is 6.43. The summed E-state index contributed by atoms with van der Waals surface area (Å²) in [6.07, 6.45) is -4.03. The molecule has 0 spiro atoms. The number of thioether (sulfide) groups is 1. The van der Waals surface area contributed by atoms with Gasteiger partial charge < -0.3 is 5.32 Å².